The molecule has 2 atom stereocenters. The SMILES string of the molecule is CC/C=C\C/C=C\C/C=C\C/C=C\CCCCC(=O)OC(COCCCCCCCCCC/C=C\C/C=C\C/C=C\CC)COP(=O)(O)OCCN. The van der Waals surface area contributed by atoms with Gasteiger partial charge in [0.25, 0.3) is 0 Å². The molecule has 0 bridgehead atoms. The minimum absolute atomic E-state index is 0.0874. The zero-order chi connectivity index (χ0) is 38.1. The van der Waals surface area contributed by atoms with Crippen LogP contribution in [0.15, 0.2) is 85.1 Å². The van der Waals surface area contributed by atoms with E-state index in [-0.39, 0.29) is 38.8 Å². The molecule has 0 spiro atoms. The molecule has 298 valence electrons. The molecule has 0 aromatic heterocycles. The largest absolute Gasteiger partial charge is 0.472 e. The number of esters is 1. The highest BCUT2D eigenvalue weighted by Crippen LogP contribution is 2.43. The van der Waals surface area contributed by atoms with Crippen LogP contribution < -0.4 is 5.73 Å². The van der Waals surface area contributed by atoms with Gasteiger partial charge in [0.15, 0.2) is 0 Å². The summed E-state index contributed by atoms with van der Waals surface area (Å²) in [5.41, 5.74) is 5.36. The van der Waals surface area contributed by atoms with Crippen molar-refractivity contribution in [3.63, 3.8) is 0 Å². The summed E-state index contributed by atoms with van der Waals surface area (Å²) in [5, 5.41) is 0. The lowest BCUT2D eigenvalue weighted by Crippen LogP contribution is -2.28. The highest BCUT2D eigenvalue weighted by molar-refractivity contribution is 7.47. The Hall–Kier alpha value is -2.32. The standard InChI is InChI=1S/C43H74NO7P/c1-3-5-7-9-11-13-15-17-19-20-21-23-25-27-29-31-33-35-38-48-40-42(41-50-52(46,47)49-39-37-44)51-43(45)36-34-32-30-28-26-24-22-18-16-14-12-10-8-6-4-2/h5-8,11-14,17-19,22,26,28,42H,3-4,9-10,15-16,20-21,23-25,27,29-41,44H2,1-2H3,(H,46,47)/b7-5-,8-6-,13-11-,14-12-,19-17-,22-18-,28-26-. The van der Waals surface area contributed by atoms with Crippen molar-refractivity contribution in [1.29, 1.82) is 0 Å². The van der Waals surface area contributed by atoms with Crippen LogP contribution in [0.1, 0.15) is 142 Å². The third kappa shape index (κ3) is 38.9. The summed E-state index contributed by atoms with van der Waals surface area (Å²) in [6.07, 6.45) is 50.3. The Balaban J connectivity index is 4.16. The molecule has 0 amide bonds. The number of phosphoric ester groups is 1. The fourth-order valence-electron chi connectivity index (χ4n) is 4.94. The predicted molar refractivity (Wildman–Crippen MR) is 219 cm³/mol. The second-order valence-electron chi connectivity index (χ2n) is 12.7. The summed E-state index contributed by atoms with van der Waals surface area (Å²) in [6, 6.07) is 0. The first-order valence-electron chi connectivity index (χ1n) is 20.1. The van der Waals surface area contributed by atoms with Crippen molar-refractivity contribution in [2.75, 3.05) is 33.0 Å². The lowest BCUT2D eigenvalue weighted by atomic mass is 10.1. The van der Waals surface area contributed by atoms with Crippen LogP contribution in [0.2, 0.25) is 0 Å². The van der Waals surface area contributed by atoms with Gasteiger partial charge in [0.2, 0.25) is 0 Å². The van der Waals surface area contributed by atoms with E-state index in [1.54, 1.807) is 0 Å². The van der Waals surface area contributed by atoms with Crippen LogP contribution in [-0.4, -0.2) is 49.9 Å². The normalized spacial score (nSPS) is 14.5. The van der Waals surface area contributed by atoms with Crippen LogP contribution in [0.5, 0.6) is 0 Å². The van der Waals surface area contributed by atoms with Crippen molar-refractivity contribution < 1.29 is 32.8 Å². The Morgan fingerprint density at radius 2 is 1.02 bits per heavy atom. The van der Waals surface area contributed by atoms with Crippen LogP contribution in [0.4, 0.5) is 0 Å². The maximum atomic E-state index is 12.5. The van der Waals surface area contributed by atoms with E-state index in [1.807, 2.05) is 0 Å². The number of hydrogen-bond donors (Lipinski definition) is 2. The van der Waals surface area contributed by atoms with Gasteiger partial charge in [0, 0.05) is 19.6 Å². The van der Waals surface area contributed by atoms with Gasteiger partial charge in [-0.05, 0) is 83.5 Å². The molecule has 0 radical (unpaired) electrons. The number of rotatable bonds is 37. The van der Waals surface area contributed by atoms with Crippen molar-refractivity contribution in [2.24, 2.45) is 5.73 Å². The number of phosphoric acid groups is 1. The second kappa shape index (κ2) is 39.9. The quantitative estimate of drug-likeness (QED) is 0.0279. The summed E-state index contributed by atoms with van der Waals surface area (Å²) in [4.78, 5) is 22.4. The number of unbranched alkanes of at least 4 members (excludes halogenated alkanes) is 10. The summed E-state index contributed by atoms with van der Waals surface area (Å²) in [6.45, 7) is 4.59. The fraction of sp³-hybridized carbons (Fsp3) is 0.651. The Morgan fingerprint density at radius 1 is 0.577 bits per heavy atom. The van der Waals surface area contributed by atoms with E-state index < -0.39 is 13.9 Å². The Labute approximate surface area is 318 Å². The smallest absolute Gasteiger partial charge is 0.457 e. The monoisotopic (exact) mass is 748 g/mol. The van der Waals surface area contributed by atoms with Gasteiger partial charge in [-0.15, -0.1) is 0 Å². The highest BCUT2D eigenvalue weighted by atomic mass is 31.2. The molecule has 9 heteroatoms. The average Bonchev–Trinajstić information content (AvgIpc) is 3.13. The Bertz CT molecular complexity index is 1060. The van der Waals surface area contributed by atoms with Gasteiger partial charge in [-0.25, -0.2) is 4.57 Å². The fourth-order valence-corrected chi connectivity index (χ4v) is 5.71. The first kappa shape index (κ1) is 49.7. The average molecular weight is 748 g/mol. The van der Waals surface area contributed by atoms with E-state index in [2.05, 4.69) is 98.9 Å². The van der Waals surface area contributed by atoms with Crippen LogP contribution in [0.25, 0.3) is 0 Å². The molecular weight excluding hydrogens is 673 g/mol. The van der Waals surface area contributed by atoms with Crippen LogP contribution in [0, 0.1) is 0 Å². The molecule has 0 heterocycles. The second-order valence-corrected chi connectivity index (χ2v) is 14.2. The number of hydrogen-bond acceptors (Lipinski definition) is 7. The van der Waals surface area contributed by atoms with Crippen molar-refractivity contribution in [1.82, 2.24) is 0 Å². The van der Waals surface area contributed by atoms with E-state index in [4.69, 9.17) is 24.3 Å². The minimum Gasteiger partial charge on any atom is -0.457 e. The van der Waals surface area contributed by atoms with Crippen LogP contribution in [0.3, 0.4) is 0 Å². The molecule has 2 unspecified atom stereocenters. The number of nitrogens with two attached hydrogens (primary N) is 1. The van der Waals surface area contributed by atoms with Crippen molar-refractivity contribution in [3.05, 3.63) is 85.1 Å². The molecule has 0 aliphatic rings. The molecule has 0 saturated heterocycles. The summed E-state index contributed by atoms with van der Waals surface area (Å²) < 4.78 is 33.3. The third-order valence-electron chi connectivity index (χ3n) is 7.81. The maximum absolute atomic E-state index is 12.5. The molecule has 0 aliphatic heterocycles. The van der Waals surface area contributed by atoms with Gasteiger partial charge in [-0.3, -0.25) is 13.8 Å². The maximum Gasteiger partial charge on any atom is 0.472 e. The van der Waals surface area contributed by atoms with Gasteiger partial charge in [-0.1, -0.05) is 137 Å². The van der Waals surface area contributed by atoms with Gasteiger partial charge in [0.1, 0.15) is 6.10 Å². The van der Waals surface area contributed by atoms with Gasteiger partial charge < -0.3 is 20.1 Å². The Kier molecular flexibility index (Phi) is 38.1. The number of carbonyl (C=O) groups is 1. The molecule has 0 aromatic rings. The van der Waals surface area contributed by atoms with Crippen molar-refractivity contribution in [2.45, 2.75) is 148 Å². The number of ether oxygens (including phenoxy) is 2. The summed E-state index contributed by atoms with van der Waals surface area (Å²) >= 11 is 0. The summed E-state index contributed by atoms with van der Waals surface area (Å²) in [7, 11) is -4.29. The van der Waals surface area contributed by atoms with Crippen molar-refractivity contribution >= 4 is 13.8 Å². The zero-order valence-electron chi connectivity index (χ0n) is 32.8. The predicted octanol–water partition coefficient (Wildman–Crippen LogP) is 11.7. The first-order chi connectivity index (χ1) is 25.4. The van der Waals surface area contributed by atoms with E-state index in [0.29, 0.717) is 13.0 Å². The molecule has 0 aromatic carbocycles. The van der Waals surface area contributed by atoms with Gasteiger partial charge in [-0.2, -0.15) is 0 Å². The molecule has 52 heavy (non-hydrogen) atoms. The lowest BCUT2D eigenvalue weighted by Gasteiger charge is -2.20. The van der Waals surface area contributed by atoms with E-state index in [0.717, 1.165) is 83.5 Å². The van der Waals surface area contributed by atoms with E-state index in [1.165, 1.54) is 32.1 Å². The molecule has 8 nitrogen and oxygen atoms in total. The van der Waals surface area contributed by atoms with Crippen LogP contribution in [-0.2, 0) is 27.9 Å². The molecule has 0 fully saturated rings. The van der Waals surface area contributed by atoms with Crippen LogP contribution >= 0.6 is 7.82 Å². The zero-order valence-corrected chi connectivity index (χ0v) is 33.7. The van der Waals surface area contributed by atoms with Crippen molar-refractivity contribution in [3.8, 4) is 0 Å². The number of carbonyl (C=O) groups excluding carboxylic acids is 1. The molecule has 0 saturated carbocycles. The molecule has 0 rings (SSSR count). The third-order valence-corrected chi connectivity index (χ3v) is 8.79. The molecule has 3 N–H and O–H groups in total. The lowest BCUT2D eigenvalue weighted by molar-refractivity contribution is -0.154. The Morgan fingerprint density at radius 3 is 1.52 bits per heavy atom. The van der Waals surface area contributed by atoms with E-state index in [9.17, 15) is 14.3 Å². The highest BCUT2D eigenvalue weighted by Gasteiger charge is 2.25. The summed E-state index contributed by atoms with van der Waals surface area (Å²) in [5.74, 6) is -0.378. The molecule has 0 aliphatic carbocycles. The topological polar surface area (TPSA) is 117 Å². The molecular formula is C43H74NO7P. The first-order valence-corrected chi connectivity index (χ1v) is 21.6. The van der Waals surface area contributed by atoms with Gasteiger partial charge in [0.05, 0.1) is 19.8 Å². The number of allylic oxidation sites excluding steroid dienone is 14. The minimum atomic E-state index is -4.29. The van der Waals surface area contributed by atoms with Gasteiger partial charge >= 0.3 is 13.8 Å². The van der Waals surface area contributed by atoms with E-state index >= 15 is 0 Å².